The lowest BCUT2D eigenvalue weighted by molar-refractivity contribution is 0.562. The van der Waals surface area contributed by atoms with Gasteiger partial charge in [0, 0.05) is 22.3 Å². The van der Waals surface area contributed by atoms with Crippen LogP contribution in [0.25, 0.3) is 0 Å². The molecule has 0 radical (unpaired) electrons. The first-order valence-electron chi connectivity index (χ1n) is 5.11. The van der Waals surface area contributed by atoms with Crippen molar-refractivity contribution in [3.05, 3.63) is 33.8 Å². The summed E-state index contributed by atoms with van der Waals surface area (Å²) in [5.41, 5.74) is 6.57. The third-order valence-electron chi connectivity index (χ3n) is 2.78. The highest BCUT2D eigenvalue weighted by Gasteiger charge is 2.24. The second-order valence-electron chi connectivity index (χ2n) is 4.10. The van der Waals surface area contributed by atoms with Crippen molar-refractivity contribution in [2.75, 3.05) is 6.26 Å². The quantitative estimate of drug-likeness (QED) is 0.927. The van der Waals surface area contributed by atoms with E-state index in [2.05, 4.69) is 0 Å². The summed E-state index contributed by atoms with van der Waals surface area (Å²) in [6, 6.07) is 4.63. The zero-order valence-corrected chi connectivity index (χ0v) is 12.0. The molecule has 0 fully saturated rings. The minimum atomic E-state index is -3.16. The Labute approximate surface area is 112 Å². The summed E-state index contributed by atoms with van der Waals surface area (Å²) < 4.78 is 22.8. The van der Waals surface area contributed by atoms with Crippen LogP contribution < -0.4 is 5.73 Å². The number of hydrogen-bond acceptors (Lipinski definition) is 3. The van der Waals surface area contributed by atoms with E-state index >= 15 is 0 Å². The molecule has 2 unspecified atom stereocenters. The fourth-order valence-corrected chi connectivity index (χ4v) is 2.73. The molecule has 96 valence electrons. The normalized spacial score (nSPS) is 15.6. The second-order valence-corrected chi connectivity index (χ2v) is 7.32. The lowest BCUT2D eigenvalue weighted by Crippen LogP contribution is -2.39. The summed E-state index contributed by atoms with van der Waals surface area (Å²) in [6.45, 7) is 1.59. The van der Waals surface area contributed by atoms with E-state index in [1.54, 1.807) is 25.1 Å². The average Bonchev–Trinajstić information content (AvgIpc) is 2.21. The van der Waals surface area contributed by atoms with Crippen LogP contribution in [-0.4, -0.2) is 26.0 Å². The zero-order valence-electron chi connectivity index (χ0n) is 9.65. The molecule has 3 nitrogen and oxygen atoms in total. The largest absolute Gasteiger partial charge is 0.326 e. The van der Waals surface area contributed by atoms with Crippen molar-refractivity contribution < 1.29 is 8.42 Å². The van der Waals surface area contributed by atoms with Crippen molar-refractivity contribution in [3.63, 3.8) is 0 Å². The summed E-state index contributed by atoms with van der Waals surface area (Å²) in [5.74, 6) is 0. The molecule has 0 saturated heterocycles. The van der Waals surface area contributed by atoms with Gasteiger partial charge >= 0.3 is 0 Å². The van der Waals surface area contributed by atoms with Gasteiger partial charge in [0.2, 0.25) is 0 Å². The van der Waals surface area contributed by atoms with Crippen LogP contribution in [0.2, 0.25) is 10.0 Å². The molecule has 0 amide bonds. The standard InChI is InChI=1S/C11H15Cl2NO2S/c1-7(17(2,15)16)11(14)6-8-9(12)4-3-5-10(8)13/h3-5,7,11H,6,14H2,1-2H3. The van der Waals surface area contributed by atoms with E-state index in [9.17, 15) is 8.42 Å². The lowest BCUT2D eigenvalue weighted by Gasteiger charge is -2.19. The van der Waals surface area contributed by atoms with Crippen molar-refractivity contribution in [2.24, 2.45) is 5.73 Å². The van der Waals surface area contributed by atoms with Gasteiger partial charge in [-0.05, 0) is 31.0 Å². The molecule has 6 heteroatoms. The van der Waals surface area contributed by atoms with Crippen LogP contribution in [0.15, 0.2) is 18.2 Å². The lowest BCUT2D eigenvalue weighted by atomic mass is 10.0. The molecule has 17 heavy (non-hydrogen) atoms. The summed E-state index contributed by atoms with van der Waals surface area (Å²) in [4.78, 5) is 0. The topological polar surface area (TPSA) is 60.2 Å². The molecule has 2 N–H and O–H groups in total. The van der Waals surface area contributed by atoms with Gasteiger partial charge in [0.05, 0.1) is 5.25 Å². The van der Waals surface area contributed by atoms with Crippen LogP contribution in [0.5, 0.6) is 0 Å². The highest BCUT2D eigenvalue weighted by molar-refractivity contribution is 7.91. The number of rotatable bonds is 4. The number of halogens is 2. The van der Waals surface area contributed by atoms with Gasteiger partial charge in [0.1, 0.15) is 0 Å². The third kappa shape index (κ3) is 3.85. The van der Waals surface area contributed by atoms with Crippen molar-refractivity contribution in [1.29, 1.82) is 0 Å². The molecule has 0 aliphatic carbocycles. The van der Waals surface area contributed by atoms with Gasteiger partial charge in [0.15, 0.2) is 9.84 Å². The van der Waals surface area contributed by atoms with Gasteiger partial charge < -0.3 is 5.73 Å². The molecule has 1 aromatic carbocycles. The van der Waals surface area contributed by atoms with E-state index in [0.29, 0.717) is 22.0 Å². The fourth-order valence-electron chi connectivity index (χ4n) is 1.45. The molecule has 0 saturated carbocycles. The van der Waals surface area contributed by atoms with Gasteiger partial charge in [-0.15, -0.1) is 0 Å². The SMILES string of the molecule is CC(C(N)Cc1c(Cl)cccc1Cl)S(C)(=O)=O. The van der Waals surface area contributed by atoms with Gasteiger partial charge in [-0.1, -0.05) is 29.3 Å². The van der Waals surface area contributed by atoms with Gasteiger partial charge in [-0.3, -0.25) is 0 Å². The molecule has 0 aliphatic rings. The Kier molecular flexibility index (Phi) is 4.84. The monoisotopic (exact) mass is 295 g/mol. The average molecular weight is 296 g/mol. The predicted molar refractivity (Wildman–Crippen MR) is 72.4 cm³/mol. The predicted octanol–water partition coefficient (Wildman–Crippen LogP) is 2.30. The van der Waals surface area contributed by atoms with E-state index in [1.165, 1.54) is 6.26 Å². The van der Waals surface area contributed by atoms with Crippen LogP contribution in [0, 0.1) is 0 Å². The van der Waals surface area contributed by atoms with E-state index in [0.717, 1.165) is 0 Å². The van der Waals surface area contributed by atoms with Crippen LogP contribution in [0.4, 0.5) is 0 Å². The second kappa shape index (κ2) is 5.57. The molecular weight excluding hydrogens is 281 g/mol. The maximum Gasteiger partial charge on any atom is 0.151 e. The summed E-state index contributed by atoms with van der Waals surface area (Å²) in [7, 11) is -3.16. The highest BCUT2D eigenvalue weighted by Crippen LogP contribution is 2.26. The van der Waals surface area contributed by atoms with Crippen molar-refractivity contribution >= 4 is 33.0 Å². The molecule has 1 rings (SSSR count). The molecular formula is C11H15Cl2NO2S. The van der Waals surface area contributed by atoms with Crippen molar-refractivity contribution in [2.45, 2.75) is 24.6 Å². The molecule has 2 atom stereocenters. The minimum Gasteiger partial charge on any atom is -0.326 e. The van der Waals surface area contributed by atoms with E-state index in [1.807, 2.05) is 0 Å². The summed E-state index contributed by atoms with van der Waals surface area (Å²) in [6.07, 6.45) is 1.51. The molecule has 0 bridgehead atoms. The van der Waals surface area contributed by atoms with E-state index < -0.39 is 21.1 Å². The Morgan fingerprint density at radius 1 is 1.29 bits per heavy atom. The number of nitrogens with two attached hydrogens (primary N) is 1. The number of benzene rings is 1. The van der Waals surface area contributed by atoms with Gasteiger partial charge in [-0.25, -0.2) is 8.42 Å². The summed E-state index contributed by atoms with van der Waals surface area (Å²) in [5, 5.41) is 0.386. The number of hydrogen-bond donors (Lipinski definition) is 1. The molecule has 1 aromatic rings. The minimum absolute atomic E-state index is 0.340. The highest BCUT2D eigenvalue weighted by atomic mass is 35.5. The van der Waals surface area contributed by atoms with Gasteiger partial charge in [-0.2, -0.15) is 0 Å². The third-order valence-corrected chi connectivity index (χ3v) is 5.19. The van der Waals surface area contributed by atoms with Crippen molar-refractivity contribution in [1.82, 2.24) is 0 Å². The first-order valence-corrected chi connectivity index (χ1v) is 7.82. The first-order chi connectivity index (χ1) is 7.73. The van der Waals surface area contributed by atoms with Crippen LogP contribution in [0.3, 0.4) is 0 Å². The molecule has 0 heterocycles. The Balaban J connectivity index is 2.92. The molecule has 0 aromatic heterocycles. The van der Waals surface area contributed by atoms with Gasteiger partial charge in [0.25, 0.3) is 0 Å². The Morgan fingerprint density at radius 3 is 2.18 bits per heavy atom. The van der Waals surface area contributed by atoms with E-state index in [4.69, 9.17) is 28.9 Å². The Bertz CT molecular complexity index is 482. The Morgan fingerprint density at radius 2 is 1.76 bits per heavy atom. The van der Waals surface area contributed by atoms with Crippen LogP contribution in [-0.2, 0) is 16.3 Å². The fraction of sp³-hybridized carbons (Fsp3) is 0.455. The smallest absolute Gasteiger partial charge is 0.151 e. The van der Waals surface area contributed by atoms with Crippen LogP contribution in [0.1, 0.15) is 12.5 Å². The maximum atomic E-state index is 11.4. The van der Waals surface area contributed by atoms with Crippen LogP contribution >= 0.6 is 23.2 Å². The van der Waals surface area contributed by atoms with E-state index in [-0.39, 0.29) is 0 Å². The molecule has 0 aliphatic heterocycles. The molecule has 0 spiro atoms. The summed E-state index contributed by atoms with van der Waals surface area (Å²) >= 11 is 12.0. The zero-order chi connectivity index (χ0) is 13.2. The maximum absolute atomic E-state index is 11.4. The number of sulfone groups is 1. The first kappa shape index (κ1) is 14.8. The van der Waals surface area contributed by atoms with Crippen molar-refractivity contribution in [3.8, 4) is 0 Å². The Hall–Kier alpha value is -0.290.